The van der Waals surface area contributed by atoms with E-state index in [1.54, 1.807) is 12.1 Å². The number of nitrogen functional groups attached to an aromatic ring is 2. The molecule has 0 fully saturated rings. The monoisotopic (exact) mass is 240 g/mol. The summed E-state index contributed by atoms with van der Waals surface area (Å²) >= 11 is 0. The number of hydrogen-bond donors (Lipinski definition) is 3. The lowest BCUT2D eigenvalue weighted by Gasteiger charge is -2.08. The standard InChI is InChI=1S/C8H12N2O2.2ClH/c1-2-12-6-4-3-5(9)8(11)7(6)10;;/h3-4,11H,2,9-10H2,1H3;2*1H. The Hall–Kier alpha value is -1.00. The number of benzene rings is 1. The van der Waals surface area contributed by atoms with E-state index in [2.05, 4.69) is 0 Å². The second-order valence-corrected chi connectivity index (χ2v) is 2.35. The van der Waals surface area contributed by atoms with Gasteiger partial charge in [0.25, 0.3) is 0 Å². The van der Waals surface area contributed by atoms with Crippen LogP contribution in [0.4, 0.5) is 11.4 Å². The maximum absolute atomic E-state index is 9.28. The number of ether oxygens (including phenoxy) is 1. The van der Waals surface area contributed by atoms with Gasteiger partial charge in [-0.2, -0.15) is 0 Å². The van der Waals surface area contributed by atoms with Crippen molar-refractivity contribution in [1.29, 1.82) is 0 Å². The van der Waals surface area contributed by atoms with Crippen LogP contribution in [0.3, 0.4) is 0 Å². The highest BCUT2D eigenvalue weighted by Gasteiger charge is 2.07. The number of nitrogens with two attached hydrogens (primary N) is 2. The summed E-state index contributed by atoms with van der Waals surface area (Å²) in [6, 6.07) is 3.19. The molecule has 0 saturated heterocycles. The van der Waals surface area contributed by atoms with Gasteiger partial charge in [-0.05, 0) is 19.1 Å². The van der Waals surface area contributed by atoms with E-state index in [4.69, 9.17) is 16.2 Å². The lowest BCUT2D eigenvalue weighted by molar-refractivity contribution is 0.340. The van der Waals surface area contributed by atoms with Crippen LogP contribution in [0.5, 0.6) is 11.5 Å². The van der Waals surface area contributed by atoms with Crippen LogP contribution in [-0.4, -0.2) is 11.7 Å². The summed E-state index contributed by atoms with van der Waals surface area (Å²) in [6.45, 7) is 2.35. The SMILES string of the molecule is CCOc1ccc(N)c(O)c1N.Cl.Cl. The summed E-state index contributed by atoms with van der Waals surface area (Å²) in [5.41, 5.74) is 11.4. The van der Waals surface area contributed by atoms with E-state index in [0.717, 1.165) is 0 Å². The van der Waals surface area contributed by atoms with Gasteiger partial charge in [-0.1, -0.05) is 0 Å². The van der Waals surface area contributed by atoms with Crippen LogP contribution in [-0.2, 0) is 0 Å². The molecule has 82 valence electrons. The normalized spacial score (nSPS) is 8.36. The second kappa shape index (κ2) is 6.45. The Labute approximate surface area is 95.1 Å². The lowest BCUT2D eigenvalue weighted by atomic mass is 10.2. The van der Waals surface area contributed by atoms with Crippen LogP contribution in [0.1, 0.15) is 6.92 Å². The molecule has 1 rings (SSSR count). The Balaban J connectivity index is 0. The molecule has 1 aromatic rings. The van der Waals surface area contributed by atoms with Crippen LogP contribution in [0.25, 0.3) is 0 Å². The van der Waals surface area contributed by atoms with E-state index >= 15 is 0 Å². The number of anilines is 2. The topological polar surface area (TPSA) is 81.5 Å². The molecule has 5 N–H and O–H groups in total. The predicted molar refractivity (Wildman–Crippen MR) is 62.6 cm³/mol. The van der Waals surface area contributed by atoms with Crippen LogP contribution in [0.2, 0.25) is 0 Å². The van der Waals surface area contributed by atoms with E-state index in [0.29, 0.717) is 12.4 Å². The van der Waals surface area contributed by atoms with Gasteiger partial charge in [-0.15, -0.1) is 24.8 Å². The summed E-state index contributed by atoms with van der Waals surface area (Å²) in [5.74, 6) is 0.352. The molecule has 0 atom stereocenters. The third kappa shape index (κ3) is 3.05. The molecule has 0 unspecified atom stereocenters. The van der Waals surface area contributed by atoms with Crippen molar-refractivity contribution in [2.75, 3.05) is 18.1 Å². The van der Waals surface area contributed by atoms with Gasteiger partial charge in [-0.25, -0.2) is 0 Å². The quantitative estimate of drug-likeness (QED) is 0.544. The Morgan fingerprint density at radius 2 is 1.86 bits per heavy atom. The number of phenols is 1. The van der Waals surface area contributed by atoms with Crippen molar-refractivity contribution in [3.63, 3.8) is 0 Å². The molecule has 0 saturated carbocycles. The van der Waals surface area contributed by atoms with Crippen molar-refractivity contribution >= 4 is 36.2 Å². The molecule has 0 bridgehead atoms. The minimum Gasteiger partial charge on any atom is -0.504 e. The number of hydrogen-bond acceptors (Lipinski definition) is 4. The zero-order chi connectivity index (χ0) is 9.14. The van der Waals surface area contributed by atoms with Crippen LogP contribution in [0.15, 0.2) is 12.1 Å². The average Bonchev–Trinajstić information content (AvgIpc) is 2.07. The minimum atomic E-state index is -0.110. The Morgan fingerprint density at radius 1 is 1.29 bits per heavy atom. The summed E-state index contributed by atoms with van der Waals surface area (Å²) in [6.07, 6.45) is 0. The summed E-state index contributed by atoms with van der Waals surface area (Å²) in [4.78, 5) is 0. The summed E-state index contributed by atoms with van der Waals surface area (Å²) < 4.78 is 5.13. The zero-order valence-electron chi connectivity index (χ0n) is 7.69. The molecule has 14 heavy (non-hydrogen) atoms. The van der Waals surface area contributed by atoms with Gasteiger partial charge in [0.2, 0.25) is 0 Å². The molecular formula is C8H14Cl2N2O2. The van der Waals surface area contributed by atoms with Gasteiger partial charge in [0.05, 0.1) is 12.3 Å². The highest BCUT2D eigenvalue weighted by molar-refractivity contribution is 5.85. The number of halogens is 2. The fraction of sp³-hybridized carbons (Fsp3) is 0.250. The van der Waals surface area contributed by atoms with Crippen molar-refractivity contribution in [1.82, 2.24) is 0 Å². The van der Waals surface area contributed by atoms with Crippen LogP contribution >= 0.6 is 24.8 Å². The molecular weight excluding hydrogens is 227 g/mol. The maximum Gasteiger partial charge on any atom is 0.165 e. The molecule has 0 heterocycles. The minimum absolute atomic E-state index is 0. The number of rotatable bonds is 2. The Kier molecular flexibility index (Phi) is 7.13. The smallest absolute Gasteiger partial charge is 0.165 e. The fourth-order valence-electron chi connectivity index (χ4n) is 0.888. The van der Waals surface area contributed by atoms with E-state index in [-0.39, 0.29) is 41.9 Å². The third-order valence-corrected chi connectivity index (χ3v) is 1.51. The molecule has 0 radical (unpaired) electrons. The Bertz CT molecular complexity index is 295. The number of aromatic hydroxyl groups is 1. The van der Waals surface area contributed by atoms with E-state index in [1.807, 2.05) is 6.92 Å². The van der Waals surface area contributed by atoms with E-state index in [9.17, 15) is 5.11 Å². The number of phenolic OH excluding ortho intramolecular Hbond substituents is 1. The van der Waals surface area contributed by atoms with Gasteiger partial charge in [0, 0.05) is 0 Å². The average molecular weight is 241 g/mol. The van der Waals surface area contributed by atoms with Gasteiger partial charge in [-0.3, -0.25) is 0 Å². The molecule has 0 aromatic heterocycles. The largest absolute Gasteiger partial charge is 0.504 e. The zero-order valence-corrected chi connectivity index (χ0v) is 9.32. The molecule has 0 aliphatic heterocycles. The lowest BCUT2D eigenvalue weighted by Crippen LogP contribution is -1.98. The van der Waals surface area contributed by atoms with Crippen molar-refractivity contribution in [2.24, 2.45) is 0 Å². The van der Waals surface area contributed by atoms with Gasteiger partial charge >= 0.3 is 0 Å². The molecule has 6 heteroatoms. The molecule has 1 aromatic carbocycles. The van der Waals surface area contributed by atoms with Crippen molar-refractivity contribution in [3.05, 3.63) is 12.1 Å². The summed E-state index contributed by atoms with van der Waals surface area (Å²) in [5, 5.41) is 9.28. The molecule has 0 aliphatic carbocycles. The third-order valence-electron chi connectivity index (χ3n) is 1.51. The van der Waals surface area contributed by atoms with Gasteiger partial charge < -0.3 is 21.3 Å². The highest BCUT2D eigenvalue weighted by Crippen LogP contribution is 2.35. The van der Waals surface area contributed by atoms with Crippen LogP contribution in [0, 0.1) is 0 Å². The molecule has 4 nitrogen and oxygen atoms in total. The first-order valence-electron chi connectivity index (χ1n) is 3.66. The highest BCUT2D eigenvalue weighted by atomic mass is 35.5. The van der Waals surface area contributed by atoms with Gasteiger partial charge in [0.15, 0.2) is 5.75 Å². The van der Waals surface area contributed by atoms with E-state index < -0.39 is 0 Å². The first kappa shape index (κ1) is 15.5. The van der Waals surface area contributed by atoms with Crippen LogP contribution < -0.4 is 16.2 Å². The van der Waals surface area contributed by atoms with E-state index in [1.165, 1.54) is 0 Å². The summed E-state index contributed by atoms with van der Waals surface area (Å²) in [7, 11) is 0. The molecule has 0 spiro atoms. The first-order valence-corrected chi connectivity index (χ1v) is 3.66. The first-order chi connectivity index (χ1) is 5.66. The van der Waals surface area contributed by atoms with Crippen molar-refractivity contribution in [3.8, 4) is 11.5 Å². The second-order valence-electron chi connectivity index (χ2n) is 2.35. The fourth-order valence-corrected chi connectivity index (χ4v) is 0.888. The van der Waals surface area contributed by atoms with Crippen molar-refractivity contribution < 1.29 is 9.84 Å². The van der Waals surface area contributed by atoms with Crippen molar-refractivity contribution in [2.45, 2.75) is 6.92 Å². The maximum atomic E-state index is 9.28. The van der Waals surface area contributed by atoms with Gasteiger partial charge in [0.1, 0.15) is 11.4 Å². The predicted octanol–water partition coefficient (Wildman–Crippen LogP) is 1.80. The molecule has 0 amide bonds. The molecule has 0 aliphatic rings. The Morgan fingerprint density at radius 3 is 2.36 bits per heavy atom.